The number of hydrogen-bond acceptors (Lipinski definition) is 6. The highest BCUT2D eigenvalue weighted by molar-refractivity contribution is 7.22. The van der Waals surface area contributed by atoms with Crippen molar-refractivity contribution in [3.05, 3.63) is 24.0 Å². The average Bonchev–Trinajstić information content (AvgIpc) is 3.36. The lowest BCUT2D eigenvalue weighted by atomic mass is 9.73. The molecule has 2 bridgehead atoms. The van der Waals surface area contributed by atoms with Crippen LogP contribution in [0.25, 0.3) is 10.2 Å². The number of nitrogens with zero attached hydrogens (tertiary/aromatic N) is 2. The number of nitrogens with two attached hydrogens (primary N) is 1. The van der Waals surface area contributed by atoms with Crippen LogP contribution in [0, 0.1) is 17.7 Å². The van der Waals surface area contributed by atoms with E-state index >= 15 is 0 Å². The van der Waals surface area contributed by atoms with Crippen molar-refractivity contribution in [2.24, 2.45) is 17.6 Å². The van der Waals surface area contributed by atoms with E-state index in [4.69, 9.17) is 10.5 Å². The molecule has 142 valence electrons. The summed E-state index contributed by atoms with van der Waals surface area (Å²) in [5.74, 6) is -1.79. The van der Waals surface area contributed by atoms with Crippen LogP contribution in [0.3, 0.4) is 0 Å². The van der Waals surface area contributed by atoms with E-state index in [0.717, 1.165) is 12.8 Å². The van der Waals surface area contributed by atoms with Gasteiger partial charge in [0.15, 0.2) is 5.13 Å². The first-order valence-electron chi connectivity index (χ1n) is 9.05. The Morgan fingerprint density at radius 1 is 1.52 bits per heavy atom. The number of fused-ring (bicyclic) bond motifs is 2. The minimum atomic E-state index is -0.571. The fourth-order valence-electron chi connectivity index (χ4n) is 4.84. The molecule has 0 unspecified atom stereocenters. The van der Waals surface area contributed by atoms with Gasteiger partial charge < -0.3 is 20.7 Å². The van der Waals surface area contributed by atoms with Gasteiger partial charge in [0, 0.05) is 13.1 Å². The second kappa shape index (κ2) is 5.95. The molecule has 3 aliphatic heterocycles. The van der Waals surface area contributed by atoms with E-state index in [1.807, 2.05) is 0 Å². The molecule has 0 aliphatic carbocycles. The predicted octanol–water partition coefficient (Wildman–Crippen LogP) is 1.34. The fraction of sp³-hybridized carbons (Fsp3) is 0.500. The summed E-state index contributed by atoms with van der Waals surface area (Å²) in [5.41, 5.74) is 5.28. The molecular weight excluding hydrogens is 371 g/mol. The van der Waals surface area contributed by atoms with Crippen LogP contribution >= 0.6 is 11.3 Å². The minimum Gasteiger partial charge on any atom is -0.368 e. The number of carbonyl (C=O) groups is 2. The molecule has 0 saturated carbocycles. The van der Waals surface area contributed by atoms with Gasteiger partial charge in [0.1, 0.15) is 11.3 Å². The summed E-state index contributed by atoms with van der Waals surface area (Å²) in [7, 11) is 0. The van der Waals surface area contributed by atoms with Crippen LogP contribution < -0.4 is 11.1 Å². The van der Waals surface area contributed by atoms with Crippen LogP contribution in [0.4, 0.5) is 9.52 Å². The maximum absolute atomic E-state index is 13.9. The van der Waals surface area contributed by atoms with E-state index in [2.05, 4.69) is 10.3 Å². The number of ether oxygens (including phenoxy) is 1. The molecule has 27 heavy (non-hydrogen) atoms. The number of thiazole rings is 1. The molecule has 3 aliphatic rings. The zero-order valence-electron chi connectivity index (χ0n) is 14.5. The lowest BCUT2D eigenvalue weighted by Gasteiger charge is -2.26. The van der Waals surface area contributed by atoms with Crippen LogP contribution in [-0.4, -0.2) is 53.0 Å². The van der Waals surface area contributed by atoms with E-state index in [9.17, 15) is 14.0 Å². The lowest BCUT2D eigenvalue weighted by Crippen LogP contribution is -2.43. The molecule has 4 atom stereocenters. The van der Waals surface area contributed by atoms with Gasteiger partial charge in [-0.05, 0) is 25.0 Å². The Balaban J connectivity index is 1.41. The van der Waals surface area contributed by atoms with Crippen LogP contribution in [0.5, 0.6) is 0 Å². The van der Waals surface area contributed by atoms with Gasteiger partial charge in [-0.25, -0.2) is 9.37 Å². The molecule has 3 saturated heterocycles. The van der Waals surface area contributed by atoms with E-state index in [-0.39, 0.29) is 23.4 Å². The summed E-state index contributed by atoms with van der Waals surface area (Å²) in [5, 5.41) is 3.12. The zero-order valence-corrected chi connectivity index (χ0v) is 15.3. The van der Waals surface area contributed by atoms with E-state index in [1.165, 1.54) is 17.4 Å². The van der Waals surface area contributed by atoms with E-state index in [1.54, 1.807) is 17.0 Å². The molecule has 0 radical (unpaired) electrons. The number of rotatable bonds is 4. The molecule has 5 rings (SSSR count). The largest absolute Gasteiger partial charge is 0.368 e. The number of para-hydroxylation sites is 1. The Morgan fingerprint density at radius 2 is 2.37 bits per heavy atom. The summed E-state index contributed by atoms with van der Waals surface area (Å²) in [6.45, 7) is 1.35. The monoisotopic (exact) mass is 390 g/mol. The number of amides is 2. The van der Waals surface area contributed by atoms with Crippen LogP contribution in [0.2, 0.25) is 0 Å². The topological polar surface area (TPSA) is 97.5 Å². The van der Waals surface area contributed by atoms with Crippen molar-refractivity contribution in [1.29, 1.82) is 0 Å². The van der Waals surface area contributed by atoms with Crippen molar-refractivity contribution < 1.29 is 18.7 Å². The van der Waals surface area contributed by atoms with Crippen molar-refractivity contribution in [3.8, 4) is 0 Å². The van der Waals surface area contributed by atoms with Gasteiger partial charge in [0.2, 0.25) is 11.8 Å². The number of carbonyl (C=O) groups excluding carboxylic acids is 2. The number of aromatic nitrogens is 1. The number of nitrogens with one attached hydrogen (secondary N) is 1. The molecule has 1 spiro atoms. The number of anilines is 1. The van der Waals surface area contributed by atoms with Crippen molar-refractivity contribution in [1.82, 2.24) is 9.88 Å². The van der Waals surface area contributed by atoms with Crippen molar-refractivity contribution >= 4 is 38.5 Å². The maximum Gasteiger partial charge on any atom is 0.232 e. The third kappa shape index (κ3) is 2.41. The highest BCUT2D eigenvalue weighted by Crippen LogP contribution is 2.55. The average molecular weight is 390 g/mol. The van der Waals surface area contributed by atoms with Crippen molar-refractivity contribution in [3.63, 3.8) is 0 Å². The number of hydrogen-bond donors (Lipinski definition) is 2. The molecule has 1 aromatic carbocycles. The smallest absolute Gasteiger partial charge is 0.232 e. The molecule has 2 aromatic rings. The third-order valence-electron chi connectivity index (χ3n) is 5.90. The Morgan fingerprint density at radius 3 is 3.15 bits per heavy atom. The predicted molar refractivity (Wildman–Crippen MR) is 97.7 cm³/mol. The summed E-state index contributed by atoms with van der Waals surface area (Å²) < 4.78 is 20.7. The summed E-state index contributed by atoms with van der Waals surface area (Å²) in [6, 6.07) is 4.70. The first kappa shape index (κ1) is 17.0. The maximum atomic E-state index is 13.9. The SMILES string of the molecule is NCCN1C[C@]23CC[C@H](O2)[C@H](C(=O)Nc2nc4c(F)cccc4s2)[C@@H]3C1=O. The molecule has 7 nitrogen and oxygen atoms in total. The molecule has 4 heterocycles. The van der Waals surface area contributed by atoms with Gasteiger partial charge in [0.05, 0.1) is 34.8 Å². The Kier molecular flexibility index (Phi) is 3.75. The van der Waals surface area contributed by atoms with Gasteiger partial charge in [-0.2, -0.15) is 0 Å². The van der Waals surface area contributed by atoms with E-state index in [0.29, 0.717) is 29.5 Å². The van der Waals surface area contributed by atoms with Crippen molar-refractivity contribution in [2.45, 2.75) is 24.5 Å². The highest BCUT2D eigenvalue weighted by Gasteiger charge is 2.68. The molecule has 2 amide bonds. The lowest BCUT2D eigenvalue weighted by molar-refractivity contribution is -0.136. The highest BCUT2D eigenvalue weighted by atomic mass is 32.1. The van der Waals surface area contributed by atoms with Crippen LogP contribution in [-0.2, 0) is 14.3 Å². The van der Waals surface area contributed by atoms with Gasteiger partial charge >= 0.3 is 0 Å². The summed E-state index contributed by atoms with van der Waals surface area (Å²) in [4.78, 5) is 31.8. The number of halogens is 1. The van der Waals surface area contributed by atoms with Crippen LogP contribution in [0.15, 0.2) is 18.2 Å². The molecule has 3 fully saturated rings. The fourth-order valence-corrected chi connectivity index (χ4v) is 5.73. The number of benzene rings is 1. The number of likely N-dealkylation sites (tertiary alicyclic amines) is 1. The first-order valence-corrected chi connectivity index (χ1v) is 9.87. The van der Waals surface area contributed by atoms with E-state index < -0.39 is 23.3 Å². The molecule has 1 aromatic heterocycles. The van der Waals surface area contributed by atoms with Crippen LogP contribution in [0.1, 0.15) is 12.8 Å². The molecular formula is C18H19FN4O3S. The second-order valence-electron chi connectivity index (χ2n) is 7.41. The Hall–Kier alpha value is -2.10. The van der Waals surface area contributed by atoms with Gasteiger partial charge in [-0.1, -0.05) is 17.4 Å². The third-order valence-corrected chi connectivity index (χ3v) is 6.84. The first-order chi connectivity index (χ1) is 13.0. The zero-order chi connectivity index (χ0) is 18.8. The summed E-state index contributed by atoms with van der Waals surface area (Å²) >= 11 is 1.22. The normalized spacial score (nSPS) is 31.7. The summed E-state index contributed by atoms with van der Waals surface area (Å²) in [6.07, 6.45) is 1.28. The standard InChI is InChI=1S/C18H19FN4O3S/c19-9-2-1-3-11-14(9)21-17(27-11)22-15(24)12-10-4-5-18(26-10)8-23(7-6-20)16(25)13(12)18/h1-3,10,12-13H,4-8,20H2,(H,21,22,24)/t10-,12-,13+,18-/m0/s1. The minimum absolute atomic E-state index is 0.0573. The van der Waals surface area contributed by atoms with Gasteiger partial charge in [-0.15, -0.1) is 0 Å². The van der Waals surface area contributed by atoms with Crippen molar-refractivity contribution in [2.75, 3.05) is 25.0 Å². The molecule has 3 N–H and O–H groups in total. The molecule has 9 heteroatoms. The quantitative estimate of drug-likeness (QED) is 0.821. The second-order valence-corrected chi connectivity index (χ2v) is 8.44. The van der Waals surface area contributed by atoms with Gasteiger partial charge in [-0.3, -0.25) is 9.59 Å². The van der Waals surface area contributed by atoms with Gasteiger partial charge in [0.25, 0.3) is 0 Å². The Bertz CT molecular complexity index is 950. The Labute approximate surface area is 158 Å².